The Bertz CT molecular complexity index is 573. The van der Waals surface area contributed by atoms with Crippen molar-refractivity contribution < 1.29 is 9.84 Å². The second-order valence-corrected chi connectivity index (χ2v) is 5.83. The maximum Gasteiger partial charge on any atom is 0.127 e. The third-order valence-corrected chi connectivity index (χ3v) is 4.18. The summed E-state index contributed by atoms with van der Waals surface area (Å²) in [5.74, 6) is 0.841. The number of aliphatic hydroxyl groups excluding tert-OH is 1. The Labute approximate surface area is 125 Å². The first-order valence-electron chi connectivity index (χ1n) is 7.85. The summed E-state index contributed by atoms with van der Waals surface area (Å²) in [7, 11) is 0. The minimum atomic E-state index is -0.468. The van der Waals surface area contributed by atoms with E-state index in [2.05, 4.69) is 17.4 Å². The van der Waals surface area contributed by atoms with Gasteiger partial charge in [0.15, 0.2) is 0 Å². The first-order chi connectivity index (χ1) is 10.3. The summed E-state index contributed by atoms with van der Waals surface area (Å²) >= 11 is 0. The monoisotopic (exact) mass is 285 g/mol. The standard InChI is InChI=1S/C18H23NO2/c20-16(12-19-15-8-2-3-9-15)13-21-18-11-5-7-14-6-1-4-10-17(14)18/h1,4-7,10-11,15-16,19-20H,2-3,8-9,12-13H2. The fraction of sp³-hybridized carbons (Fsp3) is 0.444. The molecule has 3 nitrogen and oxygen atoms in total. The molecule has 2 aromatic carbocycles. The van der Waals surface area contributed by atoms with Crippen molar-refractivity contribution in [1.29, 1.82) is 0 Å². The number of benzene rings is 2. The molecule has 0 spiro atoms. The highest BCUT2D eigenvalue weighted by Crippen LogP contribution is 2.25. The topological polar surface area (TPSA) is 41.5 Å². The summed E-state index contributed by atoms with van der Waals surface area (Å²) in [4.78, 5) is 0. The first kappa shape index (κ1) is 14.4. The van der Waals surface area contributed by atoms with Gasteiger partial charge in [-0.3, -0.25) is 0 Å². The van der Waals surface area contributed by atoms with Gasteiger partial charge in [-0.2, -0.15) is 0 Å². The molecule has 112 valence electrons. The van der Waals surface area contributed by atoms with Crippen molar-refractivity contribution in [3.8, 4) is 5.75 Å². The Balaban J connectivity index is 1.53. The van der Waals surface area contributed by atoms with Gasteiger partial charge in [-0.1, -0.05) is 49.2 Å². The lowest BCUT2D eigenvalue weighted by atomic mass is 10.1. The van der Waals surface area contributed by atoms with Crippen LogP contribution in [-0.4, -0.2) is 30.4 Å². The predicted molar refractivity (Wildman–Crippen MR) is 85.7 cm³/mol. The van der Waals surface area contributed by atoms with Gasteiger partial charge >= 0.3 is 0 Å². The SMILES string of the molecule is OC(CNC1CCCC1)COc1cccc2ccccc12. The van der Waals surface area contributed by atoms with Gasteiger partial charge in [0.1, 0.15) is 18.5 Å². The van der Waals surface area contributed by atoms with E-state index < -0.39 is 6.10 Å². The highest BCUT2D eigenvalue weighted by molar-refractivity contribution is 5.88. The van der Waals surface area contributed by atoms with Crippen LogP contribution in [0.2, 0.25) is 0 Å². The van der Waals surface area contributed by atoms with E-state index in [1.54, 1.807) is 0 Å². The largest absolute Gasteiger partial charge is 0.490 e. The first-order valence-corrected chi connectivity index (χ1v) is 7.85. The maximum absolute atomic E-state index is 10.1. The number of rotatable bonds is 6. The number of ether oxygens (including phenoxy) is 1. The molecule has 2 aromatic rings. The van der Waals surface area contributed by atoms with E-state index in [1.165, 1.54) is 25.7 Å². The van der Waals surface area contributed by atoms with Gasteiger partial charge in [-0.05, 0) is 24.3 Å². The average Bonchev–Trinajstić information content (AvgIpc) is 3.04. The van der Waals surface area contributed by atoms with Gasteiger partial charge < -0.3 is 15.2 Å². The second kappa shape index (κ2) is 6.92. The van der Waals surface area contributed by atoms with Gasteiger partial charge in [-0.25, -0.2) is 0 Å². The van der Waals surface area contributed by atoms with E-state index in [9.17, 15) is 5.11 Å². The molecule has 1 saturated carbocycles. The molecule has 0 amide bonds. The van der Waals surface area contributed by atoms with Crippen LogP contribution < -0.4 is 10.1 Å². The van der Waals surface area contributed by atoms with E-state index >= 15 is 0 Å². The molecule has 1 fully saturated rings. The lowest BCUT2D eigenvalue weighted by Crippen LogP contribution is -2.36. The Morgan fingerprint density at radius 3 is 2.71 bits per heavy atom. The van der Waals surface area contributed by atoms with E-state index in [4.69, 9.17) is 4.74 Å². The summed E-state index contributed by atoms with van der Waals surface area (Å²) in [5.41, 5.74) is 0. The van der Waals surface area contributed by atoms with Crippen LogP contribution in [0.25, 0.3) is 10.8 Å². The molecule has 3 heteroatoms. The van der Waals surface area contributed by atoms with Crippen molar-refractivity contribution in [2.45, 2.75) is 37.8 Å². The molecule has 0 aliphatic heterocycles. The number of nitrogens with one attached hydrogen (secondary N) is 1. The van der Waals surface area contributed by atoms with E-state index in [0.29, 0.717) is 19.2 Å². The Kier molecular flexibility index (Phi) is 4.73. The third-order valence-electron chi connectivity index (χ3n) is 4.18. The van der Waals surface area contributed by atoms with Gasteiger partial charge in [0, 0.05) is 18.0 Å². The van der Waals surface area contributed by atoms with Gasteiger partial charge in [0.25, 0.3) is 0 Å². The van der Waals surface area contributed by atoms with Crippen LogP contribution in [-0.2, 0) is 0 Å². The van der Waals surface area contributed by atoms with Crippen LogP contribution in [0.15, 0.2) is 42.5 Å². The summed E-state index contributed by atoms with van der Waals surface area (Å²) in [6, 6.07) is 14.7. The Morgan fingerprint density at radius 1 is 1.10 bits per heavy atom. The van der Waals surface area contributed by atoms with Crippen molar-refractivity contribution in [2.24, 2.45) is 0 Å². The average molecular weight is 285 g/mol. The normalized spacial score (nSPS) is 17.2. The molecule has 2 N–H and O–H groups in total. The van der Waals surface area contributed by atoms with Crippen LogP contribution in [0, 0.1) is 0 Å². The van der Waals surface area contributed by atoms with E-state index in [-0.39, 0.29) is 0 Å². The van der Waals surface area contributed by atoms with Crippen molar-refractivity contribution >= 4 is 10.8 Å². The molecule has 1 aliphatic rings. The van der Waals surface area contributed by atoms with Crippen molar-refractivity contribution in [1.82, 2.24) is 5.32 Å². The van der Waals surface area contributed by atoms with Crippen LogP contribution in [0.5, 0.6) is 5.75 Å². The highest BCUT2D eigenvalue weighted by Gasteiger charge is 2.16. The van der Waals surface area contributed by atoms with Gasteiger partial charge in [0.2, 0.25) is 0 Å². The van der Waals surface area contributed by atoms with Crippen LogP contribution in [0.1, 0.15) is 25.7 Å². The smallest absolute Gasteiger partial charge is 0.127 e. The molecule has 0 aromatic heterocycles. The zero-order valence-corrected chi connectivity index (χ0v) is 12.3. The lowest BCUT2D eigenvalue weighted by molar-refractivity contribution is 0.104. The summed E-state index contributed by atoms with van der Waals surface area (Å²) in [6.45, 7) is 0.934. The molecular weight excluding hydrogens is 262 g/mol. The Morgan fingerprint density at radius 2 is 1.86 bits per heavy atom. The molecule has 1 atom stereocenters. The maximum atomic E-state index is 10.1. The van der Waals surface area contributed by atoms with Gasteiger partial charge in [0.05, 0.1) is 0 Å². The molecular formula is C18H23NO2. The quantitative estimate of drug-likeness (QED) is 0.857. The van der Waals surface area contributed by atoms with E-state index in [0.717, 1.165) is 16.5 Å². The summed E-state index contributed by atoms with van der Waals surface area (Å²) < 4.78 is 5.81. The van der Waals surface area contributed by atoms with Crippen LogP contribution in [0.3, 0.4) is 0 Å². The van der Waals surface area contributed by atoms with Crippen molar-refractivity contribution in [3.63, 3.8) is 0 Å². The molecule has 3 rings (SSSR count). The van der Waals surface area contributed by atoms with Crippen molar-refractivity contribution in [2.75, 3.05) is 13.2 Å². The molecule has 0 saturated heterocycles. The third kappa shape index (κ3) is 3.74. The van der Waals surface area contributed by atoms with Crippen LogP contribution in [0.4, 0.5) is 0 Å². The molecule has 1 aliphatic carbocycles. The highest BCUT2D eigenvalue weighted by atomic mass is 16.5. The molecule has 21 heavy (non-hydrogen) atoms. The fourth-order valence-electron chi connectivity index (χ4n) is 3.00. The number of hydrogen-bond acceptors (Lipinski definition) is 3. The Hall–Kier alpha value is -1.58. The molecule has 1 unspecified atom stereocenters. The summed E-state index contributed by atoms with van der Waals surface area (Å²) in [6.07, 6.45) is 4.61. The zero-order chi connectivity index (χ0) is 14.5. The summed E-state index contributed by atoms with van der Waals surface area (Å²) in [5, 5.41) is 15.7. The molecule has 0 bridgehead atoms. The van der Waals surface area contributed by atoms with Gasteiger partial charge in [-0.15, -0.1) is 0 Å². The lowest BCUT2D eigenvalue weighted by Gasteiger charge is -2.17. The minimum absolute atomic E-state index is 0.327. The number of aliphatic hydroxyl groups is 1. The number of fused-ring (bicyclic) bond motifs is 1. The van der Waals surface area contributed by atoms with E-state index in [1.807, 2.05) is 30.3 Å². The van der Waals surface area contributed by atoms with Crippen molar-refractivity contribution in [3.05, 3.63) is 42.5 Å². The zero-order valence-electron chi connectivity index (χ0n) is 12.3. The molecule has 0 heterocycles. The van der Waals surface area contributed by atoms with Crippen LogP contribution >= 0.6 is 0 Å². The predicted octanol–water partition coefficient (Wildman–Crippen LogP) is 3.11. The fourth-order valence-corrected chi connectivity index (χ4v) is 3.00. The number of hydrogen-bond donors (Lipinski definition) is 2. The second-order valence-electron chi connectivity index (χ2n) is 5.83. The molecule has 0 radical (unpaired) electrons. The minimum Gasteiger partial charge on any atom is -0.490 e.